The quantitative estimate of drug-likeness (QED) is 0.739. The van der Waals surface area contributed by atoms with Gasteiger partial charge in [0.05, 0.1) is 23.8 Å². The summed E-state index contributed by atoms with van der Waals surface area (Å²) in [4.78, 5) is 12.1. The minimum Gasteiger partial charge on any atom is -0.479 e. The maximum atomic E-state index is 14.4. The number of halogens is 2. The SMILES string of the molecule is CC1CN=CO1.N#Cc1ccc(/C(F)=C/c2ccc(F)c(C3N=C(N)SC4CC43)c2)nc1. The number of pyridine rings is 1. The molecule has 2 aromatic rings. The van der Waals surface area contributed by atoms with Crippen LogP contribution in [0, 0.1) is 23.1 Å². The zero-order valence-corrected chi connectivity index (χ0v) is 18.1. The Labute approximate surface area is 188 Å². The summed E-state index contributed by atoms with van der Waals surface area (Å²) in [5.74, 6) is -0.636. The highest BCUT2D eigenvalue weighted by atomic mass is 32.2. The Bertz CT molecular complexity index is 1120. The van der Waals surface area contributed by atoms with E-state index in [-0.39, 0.29) is 23.5 Å². The average Bonchev–Trinajstić information content (AvgIpc) is 3.42. The number of nitrogens with two attached hydrogens (primary N) is 1. The van der Waals surface area contributed by atoms with Crippen LogP contribution in [0.4, 0.5) is 8.78 Å². The van der Waals surface area contributed by atoms with E-state index in [2.05, 4.69) is 15.0 Å². The molecule has 1 saturated carbocycles. The number of fused-ring (bicyclic) bond motifs is 1. The summed E-state index contributed by atoms with van der Waals surface area (Å²) in [7, 11) is 0. The first-order chi connectivity index (χ1) is 15.4. The number of aromatic nitrogens is 1. The molecule has 4 atom stereocenters. The van der Waals surface area contributed by atoms with E-state index in [9.17, 15) is 8.78 Å². The Morgan fingerprint density at radius 1 is 1.34 bits per heavy atom. The maximum absolute atomic E-state index is 14.4. The first-order valence-electron chi connectivity index (χ1n) is 10.1. The summed E-state index contributed by atoms with van der Waals surface area (Å²) in [6.07, 6.45) is 5.40. The number of amidine groups is 1. The van der Waals surface area contributed by atoms with Crippen molar-refractivity contribution >= 4 is 35.2 Å². The molecule has 1 aliphatic carbocycles. The lowest BCUT2D eigenvalue weighted by atomic mass is 9.99. The lowest BCUT2D eigenvalue weighted by Crippen LogP contribution is -2.17. The first-order valence-corrected chi connectivity index (χ1v) is 11.0. The molecule has 164 valence electrons. The van der Waals surface area contributed by atoms with Gasteiger partial charge in [-0.3, -0.25) is 15.0 Å². The number of rotatable bonds is 3. The Hall–Kier alpha value is -3.25. The van der Waals surface area contributed by atoms with Gasteiger partial charge in [-0.2, -0.15) is 5.26 Å². The summed E-state index contributed by atoms with van der Waals surface area (Å²) in [5.41, 5.74) is 7.27. The van der Waals surface area contributed by atoms with Crippen LogP contribution in [-0.4, -0.2) is 34.5 Å². The zero-order valence-electron chi connectivity index (χ0n) is 17.3. The molecule has 1 aromatic heterocycles. The van der Waals surface area contributed by atoms with E-state index in [0.717, 1.165) is 13.0 Å². The summed E-state index contributed by atoms with van der Waals surface area (Å²) in [5, 5.41) is 9.64. The van der Waals surface area contributed by atoms with Gasteiger partial charge in [0.25, 0.3) is 0 Å². The molecule has 2 N–H and O–H groups in total. The third kappa shape index (κ3) is 5.14. The van der Waals surface area contributed by atoms with E-state index in [4.69, 9.17) is 15.7 Å². The van der Waals surface area contributed by atoms with E-state index < -0.39 is 5.83 Å². The smallest absolute Gasteiger partial charge is 0.170 e. The number of ether oxygens (including phenoxy) is 1. The average molecular weight is 454 g/mol. The molecule has 3 aliphatic rings. The van der Waals surface area contributed by atoms with Gasteiger partial charge in [0.1, 0.15) is 23.8 Å². The summed E-state index contributed by atoms with van der Waals surface area (Å²) < 4.78 is 33.7. The lowest BCUT2D eigenvalue weighted by Gasteiger charge is -2.19. The molecule has 6 nitrogen and oxygen atoms in total. The van der Waals surface area contributed by atoms with Crippen molar-refractivity contribution in [2.24, 2.45) is 21.6 Å². The van der Waals surface area contributed by atoms with Crippen molar-refractivity contribution in [2.45, 2.75) is 30.7 Å². The van der Waals surface area contributed by atoms with Crippen LogP contribution in [0.2, 0.25) is 0 Å². The molecule has 9 heteroatoms. The Kier molecular flexibility index (Phi) is 6.51. The molecule has 2 aliphatic heterocycles. The summed E-state index contributed by atoms with van der Waals surface area (Å²) in [6.45, 7) is 2.83. The van der Waals surface area contributed by atoms with Crippen molar-refractivity contribution in [1.82, 2.24) is 4.98 Å². The largest absolute Gasteiger partial charge is 0.479 e. The van der Waals surface area contributed by atoms with Gasteiger partial charge in [-0.05, 0) is 55.2 Å². The Morgan fingerprint density at radius 3 is 2.81 bits per heavy atom. The van der Waals surface area contributed by atoms with Gasteiger partial charge in [0, 0.05) is 17.0 Å². The van der Waals surface area contributed by atoms with Crippen LogP contribution in [-0.2, 0) is 4.74 Å². The van der Waals surface area contributed by atoms with Gasteiger partial charge in [0.15, 0.2) is 11.6 Å². The van der Waals surface area contributed by atoms with Crippen LogP contribution in [0.15, 0.2) is 46.5 Å². The Morgan fingerprint density at radius 2 is 2.19 bits per heavy atom. The van der Waals surface area contributed by atoms with Gasteiger partial charge in [-0.1, -0.05) is 17.8 Å². The van der Waals surface area contributed by atoms with Crippen LogP contribution < -0.4 is 5.73 Å². The third-order valence-electron chi connectivity index (χ3n) is 5.22. The number of thioether (sulfide) groups is 1. The third-order valence-corrected chi connectivity index (χ3v) is 6.41. The molecule has 5 rings (SSSR count). The topological polar surface area (TPSA) is 96.6 Å². The van der Waals surface area contributed by atoms with Gasteiger partial charge in [-0.25, -0.2) is 8.78 Å². The van der Waals surface area contributed by atoms with Crippen LogP contribution >= 0.6 is 11.8 Å². The van der Waals surface area contributed by atoms with Gasteiger partial charge in [0.2, 0.25) is 0 Å². The molecule has 32 heavy (non-hydrogen) atoms. The maximum Gasteiger partial charge on any atom is 0.170 e. The number of nitrogens with zero attached hydrogens (tertiary/aromatic N) is 4. The number of benzene rings is 1. The second-order valence-corrected chi connectivity index (χ2v) is 8.96. The van der Waals surface area contributed by atoms with Crippen molar-refractivity contribution in [3.63, 3.8) is 0 Å². The van der Waals surface area contributed by atoms with Crippen molar-refractivity contribution in [3.8, 4) is 6.07 Å². The molecular formula is C23H21F2N5OS. The normalized spacial score (nSPS) is 25.6. The second-order valence-electron chi connectivity index (χ2n) is 7.70. The van der Waals surface area contributed by atoms with E-state index >= 15 is 0 Å². The molecular weight excluding hydrogens is 432 g/mol. The number of aliphatic imine (C=N–C) groups is 2. The minimum absolute atomic E-state index is 0.119. The van der Waals surface area contributed by atoms with Crippen molar-refractivity contribution in [3.05, 3.63) is 64.7 Å². The number of hydrogen-bond donors (Lipinski definition) is 1. The standard InChI is InChI=1S/C19H14F2N4S.C4H7NO/c20-14-3-1-10(6-15(21)16-4-2-11(8-22)9-24-16)5-12(14)18-13-7-17(13)26-19(23)25-18;1-4-2-5-3-6-4/h1-6,9,13,17-18H,7H2,(H2,23,25);3-4H,2H2,1H3/b15-6-;. The number of hydrogen-bond acceptors (Lipinski definition) is 7. The van der Waals surface area contributed by atoms with Crippen LogP contribution in [0.3, 0.4) is 0 Å². The van der Waals surface area contributed by atoms with E-state index in [1.165, 1.54) is 54.7 Å². The van der Waals surface area contributed by atoms with Crippen LogP contribution in [0.25, 0.3) is 11.9 Å². The van der Waals surface area contributed by atoms with E-state index in [0.29, 0.717) is 33.2 Å². The van der Waals surface area contributed by atoms with Gasteiger partial charge >= 0.3 is 0 Å². The highest BCUT2D eigenvalue weighted by molar-refractivity contribution is 8.14. The van der Waals surface area contributed by atoms with Gasteiger partial charge in [-0.15, -0.1) is 0 Å². The molecule has 0 saturated heterocycles. The van der Waals surface area contributed by atoms with Crippen LogP contribution in [0.5, 0.6) is 0 Å². The van der Waals surface area contributed by atoms with E-state index in [1.807, 2.05) is 13.0 Å². The van der Waals surface area contributed by atoms with Crippen LogP contribution in [0.1, 0.15) is 41.8 Å². The number of nitriles is 1. The molecule has 0 amide bonds. The fraction of sp³-hybridized carbons (Fsp3) is 0.304. The lowest BCUT2D eigenvalue weighted by molar-refractivity contribution is 0.256. The predicted octanol–water partition coefficient (Wildman–Crippen LogP) is 4.48. The zero-order chi connectivity index (χ0) is 22.7. The predicted molar refractivity (Wildman–Crippen MR) is 122 cm³/mol. The highest BCUT2D eigenvalue weighted by Crippen LogP contribution is 2.54. The Balaban J connectivity index is 0.000000354. The molecule has 0 spiro atoms. The molecule has 4 unspecified atom stereocenters. The van der Waals surface area contributed by atoms with Crippen molar-refractivity contribution in [1.29, 1.82) is 5.26 Å². The van der Waals surface area contributed by atoms with Crippen molar-refractivity contribution < 1.29 is 13.5 Å². The van der Waals surface area contributed by atoms with Crippen molar-refractivity contribution in [2.75, 3.05) is 6.54 Å². The summed E-state index contributed by atoms with van der Waals surface area (Å²) in [6, 6.07) is 9.01. The fourth-order valence-corrected chi connectivity index (χ4v) is 4.58. The molecule has 1 aromatic carbocycles. The van der Waals surface area contributed by atoms with E-state index in [1.54, 1.807) is 6.07 Å². The fourth-order valence-electron chi connectivity index (χ4n) is 3.46. The highest BCUT2D eigenvalue weighted by Gasteiger charge is 2.48. The first kappa shape index (κ1) is 22.0. The molecule has 0 radical (unpaired) electrons. The second kappa shape index (κ2) is 9.49. The molecule has 0 bridgehead atoms. The monoisotopic (exact) mass is 453 g/mol. The molecule has 1 fully saturated rings. The van der Waals surface area contributed by atoms with Gasteiger partial charge < -0.3 is 10.5 Å². The summed E-state index contributed by atoms with van der Waals surface area (Å²) >= 11 is 1.54. The minimum atomic E-state index is -0.557. The molecule has 3 heterocycles.